The van der Waals surface area contributed by atoms with Crippen LogP contribution in [0.1, 0.15) is 61.6 Å². The lowest BCUT2D eigenvalue weighted by Crippen LogP contribution is -2.55. The van der Waals surface area contributed by atoms with E-state index in [-0.39, 0.29) is 40.1 Å². The first-order chi connectivity index (χ1) is 16.1. The first-order valence-corrected chi connectivity index (χ1v) is 12.0. The largest absolute Gasteiger partial charge is 0.478 e. The highest BCUT2D eigenvalue weighted by atomic mass is 16.4. The number of carbonyl (C=O) groups is 3. The van der Waals surface area contributed by atoms with E-state index in [2.05, 4.69) is 6.92 Å². The van der Waals surface area contributed by atoms with Gasteiger partial charge in [-0.15, -0.1) is 0 Å². The Morgan fingerprint density at radius 2 is 1.91 bits per heavy atom. The summed E-state index contributed by atoms with van der Waals surface area (Å²) in [4.78, 5) is 37.1. The molecule has 3 N–H and O–H groups in total. The van der Waals surface area contributed by atoms with Gasteiger partial charge in [0.15, 0.2) is 11.6 Å². The number of carbonyl (C=O) groups excluding carboxylic acids is 2. The van der Waals surface area contributed by atoms with E-state index in [0.717, 1.165) is 18.4 Å². The van der Waals surface area contributed by atoms with Crippen molar-refractivity contribution >= 4 is 17.5 Å². The summed E-state index contributed by atoms with van der Waals surface area (Å²) in [5.41, 5.74) is 0.562. The summed E-state index contributed by atoms with van der Waals surface area (Å²) in [6.45, 7) is 4.10. The van der Waals surface area contributed by atoms with E-state index in [1.807, 2.05) is 19.1 Å². The number of allylic oxidation sites excluding steroid dienone is 5. The van der Waals surface area contributed by atoms with Crippen molar-refractivity contribution < 1.29 is 29.7 Å². The Morgan fingerprint density at radius 3 is 2.65 bits per heavy atom. The molecule has 5 rings (SSSR count). The Labute approximate surface area is 198 Å². The number of ketones is 2. The Kier molecular flexibility index (Phi) is 5.30. The molecular weight excluding hydrogens is 432 g/mol. The first kappa shape index (κ1) is 22.9. The predicted molar refractivity (Wildman–Crippen MR) is 125 cm³/mol. The minimum Gasteiger partial charge on any atom is -0.478 e. The van der Waals surface area contributed by atoms with Crippen LogP contribution in [0, 0.1) is 28.6 Å². The Morgan fingerprint density at radius 1 is 1.18 bits per heavy atom. The fraction of sp³-hybridized carbons (Fsp3) is 0.464. The summed E-state index contributed by atoms with van der Waals surface area (Å²) in [6, 6.07) is 6.03. The van der Waals surface area contributed by atoms with E-state index in [9.17, 15) is 29.7 Å². The molecule has 0 amide bonds. The van der Waals surface area contributed by atoms with Gasteiger partial charge < -0.3 is 15.3 Å². The number of carboxylic acid groups (broad SMARTS) is 1. The second-order valence-corrected chi connectivity index (χ2v) is 10.7. The van der Waals surface area contributed by atoms with Crippen LogP contribution in [0.2, 0.25) is 0 Å². The van der Waals surface area contributed by atoms with Crippen molar-refractivity contribution in [1.82, 2.24) is 0 Å². The molecule has 2 fully saturated rings. The van der Waals surface area contributed by atoms with Gasteiger partial charge in [0.2, 0.25) is 0 Å². The predicted octanol–water partition coefficient (Wildman–Crippen LogP) is 3.80. The Bertz CT molecular complexity index is 1180. The minimum atomic E-state index is -1.57. The number of fused-ring (bicyclic) bond motifs is 5. The van der Waals surface area contributed by atoms with E-state index in [1.54, 1.807) is 24.3 Å². The average molecular weight is 463 g/mol. The van der Waals surface area contributed by atoms with Crippen molar-refractivity contribution in [3.8, 4) is 0 Å². The maximum Gasteiger partial charge on any atom is 0.336 e. The van der Waals surface area contributed by atoms with Gasteiger partial charge in [0.05, 0.1) is 11.7 Å². The molecule has 1 unspecified atom stereocenters. The van der Waals surface area contributed by atoms with Crippen LogP contribution in [0.4, 0.5) is 0 Å². The molecule has 0 saturated heterocycles. The van der Waals surface area contributed by atoms with Crippen LogP contribution >= 0.6 is 0 Å². The maximum absolute atomic E-state index is 13.5. The lowest BCUT2D eigenvalue weighted by Gasteiger charge is -2.58. The molecule has 7 atom stereocenters. The molecule has 178 valence electrons. The van der Waals surface area contributed by atoms with E-state index in [4.69, 9.17) is 0 Å². The summed E-state index contributed by atoms with van der Waals surface area (Å²) in [7, 11) is 0. The number of aromatic carboxylic acids is 1. The van der Waals surface area contributed by atoms with Crippen molar-refractivity contribution in [2.24, 2.45) is 28.6 Å². The molecule has 0 aromatic heterocycles. The quantitative estimate of drug-likeness (QED) is 0.628. The summed E-state index contributed by atoms with van der Waals surface area (Å²) in [5, 5.41) is 31.9. The molecule has 0 spiro atoms. The smallest absolute Gasteiger partial charge is 0.336 e. The van der Waals surface area contributed by atoms with Crippen LogP contribution in [0.25, 0.3) is 0 Å². The number of benzene rings is 1. The number of carboxylic acids is 1. The number of rotatable bonds is 4. The summed E-state index contributed by atoms with van der Waals surface area (Å²) in [6.07, 6.45) is 7.60. The van der Waals surface area contributed by atoms with Crippen LogP contribution in [0.5, 0.6) is 0 Å². The Hall–Kier alpha value is -2.83. The zero-order valence-electron chi connectivity index (χ0n) is 19.4. The molecule has 1 aromatic rings. The molecule has 0 radical (unpaired) electrons. The lowest BCUT2D eigenvalue weighted by molar-refractivity contribution is -0.129. The third-order valence-corrected chi connectivity index (χ3v) is 9.08. The van der Waals surface area contributed by atoms with E-state index in [0.29, 0.717) is 18.4 Å². The number of hydrogen-bond donors (Lipinski definition) is 3. The van der Waals surface area contributed by atoms with Gasteiger partial charge in [-0.1, -0.05) is 49.8 Å². The monoisotopic (exact) mass is 462 g/mol. The zero-order valence-corrected chi connectivity index (χ0v) is 19.4. The number of aliphatic hydroxyl groups excluding tert-OH is 2. The zero-order chi connectivity index (χ0) is 24.4. The Balaban J connectivity index is 1.46. The van der Waals surface area contributed by atoms with Crippen LogP contribution in [0.3, 0.4) is 0 Å². The molecule has 2 saturated carbocycles. The molecular formula is C28H30O6. The third-order valence-electron chi connectivity index (χ3n) is 9.08. The highest BCUT2D eigenvalue weighted by Gasteiger charge is 2.60. The SMILES string of the molecule is C[C@]12C=CC(=O)C=C1CC[C@@H]1[C@@H]2[C@@H](O)C[C@]2(C)C(C(=O)C(O)c3ccccc3C(=O)O)=CC[C@@H]12. The van der Waals surface area contributed by atoms with Crippen LogP contribution < -0.4 is 0 Å². The van der Waals surface area contributed by atoms with Gasteiger partial charge in [-0.3, -0.25) is 9.59 Å². The summed E-state index contributed by atoms with van der Waals surface area (Å²) < 4.78 is 0. The topological polar surface area (TPSA) is 112 Å². The minimum absolute atomic E-state index is 0.00731. The fourth-order valence-electron chi connectivity index (χ4n) is 7.50. The maximum atomic E-state index is 13.5. The molecule has 6 heteroatoms. The molecule has 0 heterocycles. The molecule has 6 nitrogen and oxygen atoms in total. The van der Waals surface area contributed by atoms with Gasteiger partial charge in [-0.25, -0.2) is 4.79 Å². The lowest BCUT2D eigenvalue weighted by atomic mass is 9.46. The molecule has 0 bridgehead atoms. The number of hydrogen-bond acceptors (Lipinski definition) is 5. The van der Waals surface area contributed by atoms with Gasteiger partial charge in [-0.05, 0) is 55.7 Å². The molecule has 4 aliphatic rings. The van der Waals surface area contributed by atoms with Gasteiger partial charge in [-0.2, -0.15) is 0 Å². The average Bonchev–Trinajstić information content (AvgIpc) is 3.14. The van der Waals surface area contributed by atoms with Gasteiger partial charge in [0.25, 0.3) is 0 Å². The van der Waals surface area contributed by atoms with Crippen molar-refractivity contribution in [2.75, 3.05) is 0 Å². The number of Topliss-reactive ketones (excluding diaryl/α,β-unsaturated/α-hetero) is 1. The van der Waals surface area contributed by atoms with E-state index < -0.39 is 29.4 Å². The first-order valence-electron chi connectivity index (χ1n) is 12.0. The molecule has 0 aliphatic heterocycles. The van der Waals surface area contributed by atoms with Crippen LogP contribution in [-0.4, -0.2) is 39.0 Å². The highest BCUT2D eigenvalue weighted by Crippen LogP contribution is 2.64. The van der Waals surface area contributed by atoms with E-state index in [1.165, 1.54) is 12.1 Å². The van der Waals surface area contributed by atoms with Crippen molar-refractivity contribution in [1.29, 1.82) is 0 Å². The normalized spacial score (nSPS) is 37.1. The van der Waals surface area contributed by atoms with Crippen LogP contribution in [-0.2, 0) is 9.59 Å². The van der Waals surface area contributed by atoms with Gasteiger partial charge >= 0.3 is 5.97 Å². The fourth-order valence-corrected chi connectivity index (χ4v) is 7.50. The number of aliphatic hydroxyl groups is 2. The van der Waals surface area contributed by atoms with Gasteiger partial charge in [0.1, 0.15) is 6.10 Å². The van der Waals surface area contributed by atoms with Gasteiger partial charge in [0, 0.05) is 27.9 Å². The van der Waals surface area contributed by atoms with E-state index >= 15 is 0 Å². The second kappa shape index (κ2) is 7.85. The third kappa shape index (κ3) is 3.19. The molecule has 1 aromatic carbocycles. The van der Waals surface area contributed by atoms with Crippen LogP contribution in [0.15, 0.2) is 59.7 Å². The highest BCUT2D eigenvalue weighted by molar-refractivity contribution is 6.03. The summed E-state index contributed by atoms with van der Waals surface area (Å²) in [5.74, 6) is -1.44. The van der Waals surface area contributed by atoms with Crippen molar-refractivity contribution in [3.05, 3.63) is 70.8 Å². The van der Waals surface area contributed by atoms with Crippen molar-refractivity contribution in [3.63, 3.8) is 0 Å². The van der Waals surface area contributed by atoms with Crippen molar-refractivity contribution in [2.45, 2.75) is 51.7 Å². The molecule has 4 aliphatic carbocycles. The standard InChI is InChI=1S/C28H30O6/c1-27-12-11-16(29)13-15(27)7-8-19-20-9-10-21(28(20,2)14-22(30)23(19)27)25(32)24(31)17-5-3-4-6-18(17)26(33)34/h3-6,10-13,19-20,22-24,30-31H,7-9,14H2,1-2H3,(H,33,34)/t19-,20-,22-,23+,24?,27-,28-/m0/s1. The molecule has 34 heavy (non-hydrogen) atoms. The summed E-state index contributed by atoms with van der Waals surface area (Å²) >= 11 is 0. The second-order valence-electron chi connectivity index (χ2n) is 10.7.